The molecule has 0 atom stereocenters. The Bertz CT molecular complexity index is 455. The van der Waals surface area contributed by atoms with Gasteiger partial charge in [0, 0.05) is 17.2 Å². The maximum Gasteiger partial charge on any atom is 0.209 e. The predicted molar refractivity (Wildman–Crippen MR) is 65.8 cm³/mol. The first-order valence-corrected chi connectivity index (χ1v) is 6.81. The van der Waals surface area contributed by atoms with Crippen molar-refractivity contribution in [3.8, 4) is 0 Å². The van der Waals surface area contributed by atoms with E-state index in [0.717, 1.165) is 15.2 Å². The summed E-state index contributed by atoms with van der Waals surface area (Å²) in [6, 6.07) is 3.90. The van der Waals surface area contributed by atoms with E-state index in [4.69, 9.17) is 17.3 Å². The van der Waals surface area contributed by atoms with E-state index in [0.29, 0.717) is 13.1 Å². The van der Waals surface area contributed by atoms with Gasteiger partial charge >= 0.3 is 0 Å². The molecule has 0 aliphatic rings. The Morgan fingerprint density at radius 2 is 2.38 bits per heavy atom. The molecule has 2 N–H and O–H groups in total. The van der Waals surface area contributed by atoms with Crippen LogP contribution in [0.25, 0.3) is 0 Å². The lowest BCUT2D eigenvalue weighted by Crippen LogP contribution is -2.12. The van der Waals surface area contributed by atoms with Gasteiger partial charge in [0.15, 0.2) is 0 Å². The summed E-state index contributed by atoms with van der Waals surface area (Å²) in [6.07, 6.45) is 0. The summed E-state index contributed by atoms with van der Waals surface area (Å²) in [5.74, 6) is 0.822. The normalized spacial score (nSPS) is 10.9. The van der Waals surface area contributed by atoms with Crippen LogP contribution < -0.4 is 5.73 Å². The van der Waals surface area contributed by atoms with Crippen molar-refractivity contribution in [1.82, 2.24) is 20.2 Å². The first-order valence-electron chi connectivity index (χ1n) is 4.63. The molecule has 8 heteroatoms. The van der Waals surface area contributed by atoms with Crippen molar-refractivity contribution in [3.63, 3.8) is 0 Å². The van der Waals surface area contributed by atoms with Crippen molar-refractivity contribution in [3.05, 3.63) is 21.3 Å². The Kier molecular flexibility index (Phi) is 4.16. The van der Waals surface area contributed by atoms with Crippen molar-refractivity contribution in [2.45, 2.75) is 17.5 Å². The average molecular weight is 276 g/mol. The largest absolute Gasteiger partial charge is 0.329 e. The number of thioether (sulfide) groups is 1. The van der Waals surface area contributed by atoms with Crippen LogP contribution in [0.2, 0.25) is 4.34 Å². The Balaban J connectivity index is 1.96. The number of halogens is 1. The Hall–Kier alpha value is -0.630. The summed E-state index contributed by atoms with van der Waals surface area (Å²) in [5.41, 5.74) is 5.46. The zero-order valence-electron chi connectivity index (χ0n) is 8.34. The molecule has 0 aliphatic carbocycles. The molecule has 0 saturated carbocycles. The van der Waals surface area contributed by atoms with Gasteiger partial charge in [0.05, 0.1) is 10.9 Å². The van der Waals surface area contributed by atoms with Crippen LogP contribution in [0.5, 0.6) is 0 Å². The van der Waals surface area contributed by atoms with E-state index in [1.54, 1.807) is 27.8 Å². The third kappa shape index (κ3) is 2.94. The van der Waals surface area contributed by atoms with Crippen molar-refractivity contribution >= 4 is 34.7 Å². The quantitative estimate of drug-likeness (QED) is 0.840. The number of tetrazole rings is 1. The monoisotopic (exact) mass is 275 g/mol. The molecule has 0 unspecified atom stereocenters. The number of nitrogens with two attached hydrogens (primary N) is 1. The fourth-order valence-electron chi connectivity index (χ4n) is 1.13. The van der Waals surface area contributed by atoms with Crippen LogP contribution in [-0.4, -0.2) is 26.8 Å². The molecule has 5 nitrogen and oxygen atoms in total. The lowest BCUT2D eigenvalue weighted by Gasteiger charge is -2.00. The highest BCUT2D eigenvalue weighted by atomic mass is 35.5. The molecule has 0 radical (unpaired) electrons. The highest BCUT2D eigenvalue weighted by Crippen LogP contribution is 2.27. The zero-order chi connectivity index (χ0) is 11.4. The molecule has 0 spiro atoms. The van der Waals surface area contributed by atoms with Crippen LogP contribution in [0.3, 0.4) is 0 Å². The summed E-state index contributed by atoms with van der Waals surface area (Å²) in [7, 11) is 0. The van der Waals surface area contributed by atoms with Gasteiger partial charge in [-0.25, -0.2) is 4.68 Å². The molecule has 0 aliphatic heterocycles. The summed E-state index contributed by atoms with van der Waals surface area (Å²) < 4.78 is 2.51. The molecule has 2 aromatic heterocycles. The predicted octanol–water partition coefficient (Wildman–Crippen LogP) is 1.64. The summed E-state index contributed by atoms with van der Waals surface area (Å²) in [5, 5.41) is 12.2. The SMILES string of the molecule is NCCn1nnnc1SCc1ccc(Cl)s1. The van der Waals surface area contributed by atoms with Gasteiger partial charge in [-0.1, -0.05) is 23.4 Å². The van der Waals surface area contributed by atoms with E-state index in [2.05, 4.69) is 15.5 Å². The van der Waals surface area contributed by atoms with Gasteiger partial charge in [-0.3, -0.25) is 0 Å². The molecule has 0 amide bonds. The van der Waals surface area contributed by atoms with Crippen LogP contribution in [0, 0.1) is 0 Å². The van der Waals surface area contributed by atoms with Gasteiger partial charge in [0.2, 0.25) is 5.16 Å². The molecule has 2 aromatic rings. The van der Waals surface area contributed by atoms with Crippen molar-refractivity contribution in [1.29, 1.82) is 0 Å². The smallest absolute Gasteiger partial charge is 0.209 e. The average Bonchev–Trinajstić information content (AvgIpc) is 2.85. The van der Waals surface area contributed by atoms with Gasteiger partial charge < -0.3 is 5.73 Å². The molecule has 0 aromatic carbocycles. The fourth-order valence-corrected chi connectivity index (χ4v) is 3.16. The number of nitrogens with zero attached hydrogens (tertiary/aromatic N) is 4. The first-order chi connectivity index (χ1) is 7.79. The molecular formula is C8H10ClN5S2. The third-order valence-electron chi connectivity index (χ3n) is 1.81. The zero-order valence-corrected chi connectivity index (χ0v) is 10.7. The molecule has 86 valence electrons. The van der Waals surface area contributed by atoms with Crippen LogP contribution in [0.15, 0.2) is 17.3 Å². The van der Waals surface area contributed by atoms with Gasteiger partial charge in [0.1, 0.15) is 0 Å². The maximum absolute atomic E-state index is 5.85. The topological polar surface area (TPSA) is 69.6 Å². The molecule has 2 rings (SSSR count). The van der Waals surface area contributed by atoms with Gasteiger partial charge in [0.25, 0.3) is 0 Å². The van der Waals surface area contributed by atoms with E-state index in [1.807, 2.05) is 12.1 Å². The van der Waals surface area contributed by atoms with E-state index in [9.17, 15) is 0 Å². The molecule has 0 saturated heterocycles. The molecule has 0 fully saturated rings. The Morgan fingerprint density at radius 1 is 1.50 bits per heavy atom. The van der Waals surface area contributed by atoms with Gasteiger partial charge in [-0.15, -0.1) is 16.4 Å². The number of thiophene rings is 1. The van der Waals surface area contributed by atoms with Crippen molar-refractivity contribution in [2.75, 3.05) is 6.54 Å². The summed E-state index contributed by atoms with van der Waals surface area (Å²) in [6.45, 7) is 1.17. The third-order valence-corrected chi connectivity index (χ3v) is 4.23. The molecule has 2 heterocycles. The maximum atomic E-state index is 5.85. The highest BCUT2D eigenvalue weighted by Gasteiger charge is 2.07. The van der Waals surface area contributed by atoms with Crippen LogP contribution >= 0.6 is 34.7 Å². The molecule has 16 heavy (non-hydrogen) atoms. The minimum atomic E-state index is 0.531. The second-order valence-electron chi connectivity index (χ2n) is 2.97. The van der Waals surface area contributed by atoms with Gasteiger partial charge in [-0.05, 0) is 22.6 Å². The second kappa shape index (κ2) is 5.62. The second-order valence-corrected chi connectivity index (χ2v) is 5.71. The number of aromatic nitrogens is 4. The van der Waals surface area contributed by atoms with E-state index < -0.39 is 0 Å². The Labute approximate surface area is 106 Å². The van der Waals surface area contributed by atoms with E-state index in [1.165, 1.54) is 4.88 Å². The fraction of sp³-hybridized carbons (Fsp3) is 0.375. The van der Waals surface area contributed by atoms with Crippen LogP contribution in [0.1, 0.15) is 4.88 Å². The van der Waals surface area contributed by atoms with Gasteiger partial charge in [-0.2, -0.15) is 0 Å². The number of hydrogen-bond acceptors (Lipinski definition) is 6. The highest BCUT2D eigenvalue weighted by molar-refractivity contribution is 7.98. The number of hydrogen-bond donors (Lipinski definition) is 1. The lowest BCUT2D eigenvalue weighted by atomic mass is 10.5. The molecule has 0 bridgehead atoms. The van der Waals surface area contributed by atoms with E-state index >= 15 is 0 Å². The standard InChI is InChI=1S/C8H10ClN5S2/c9-7-2-1-6(16-7)5-15-8-11-12-13-14(8)4-3-10/h1-2H,3-5,10H2. The molecular weight excluding hydrogens is 266 g/mol. The first kappa shape index (κ1) is 11.8. The summed E-state index contributed by atoms with van der Waals surface area (Å²) in [4.78, 5) is 1.21. The lowest BCUT2D eigenvalue weighted by molar-refractivity contribution is 0.557. The van der Waals surface area contributed by atoms with Crippen LogP contribution in [-0.2, 0) is 12.3 Å². The van der Waals surface area contributed by atoms with Crippen LogP contribution in [0.4, 0.5) is 0 Å². The number of rotatable bonds is 5. The minimum absolute atomic E-state index is 0.531. The van der Waals surface area contributed by atoms with Crippen molar-refractivity contribution in [2.24, 2.45) is 5.73 Å². The summed E-state index contributed by atoms with van der Waals surface area (Å²) >= 11 is 9.00. The van der Waals surface area contributed by atoms with Crippen molar-refractivity contribution < 1.29 is 0 Å². The Morgan fingerprint density at radius 3 is 3.06 bits per heavy atom. The van der Waals surface area contributed by atoms with E-state index in [-0.39, 0.29) is 0 Å². The minimum Gasteiger partial charge on any atom is -0.329 e.